The lowest BCUT2D eigenvalue weighted by molar-refractivity contribution is 0.0492. The first-order valence-corrected chi connectivity index (χ1v) is 10.4. The van der Waals surface area contributed by atoms with Gasteiger partial charge in [0.25, 0.3) is 0 Å². The normalized spacial score (nSPS) is 18.6. The van der Waals surface area contributed by atoms with E-state index in [-0.39, 0.29) is 12.7 Å². The summed E-state index contributed by atoms with van der Waals surface area (Å²) >= 11 is 0. The number of likely N-dealkylation sites (tertiary alicyclic amines) is 1. The van der Waals surface area contributed by atoms with E-state index in [9.17, 15) is 4.39 Å². The molecule has 0 amide bonds. The molecule has 0 N–H and O–H groups in total. The van der Waals surface area contributed by atoms with Gasteiger partial charge in [-0.3, -0.25) is 4.98 Å². The number of alkyl halides is 1. The predicted molar refractivity (Wildman–Crippen MR) is 109 cm³/mol. The number of halogens is 1. The van der Waals surface area contributed by atoms with Crippen LogP contribution in [0.25, 0.3) is 11.1 Å². The molecule has 5 heteroatoms. The number of hydrogen-bond donors (Lipinski definition) is 0. The molecular weight excluding hydrogens is 355 g/mol. The Bertz CT molecular complexity index is 786. The van der Waals surface area contributed by atoms with E-state index < -0.39 is 6.67 Å². The third kappa shape index (κ3) is 4.30. The Kier molecular flexibility index (Phi) is 6.10. The lowest BCUT2D eigenvalue weighted by Gasteiger charge is -2.41. The summed E-state index contributed by atoms with van der Waals surface area (Å²) in [5, 5.41) is 0. The third-order valence-electron chi connectivity index (χ3n) is 5.96. The van der Waals surface area contributed by atoms with E-state index in [0.717, 1.165) is 54.5 Å². The van der Waals surface area contributed by atoms with Crippen molar-refractivity contribution in [2.75, 3.05) is 26.4 Å². The van der Waals surface area contributed by atoms with Gasteiger partial charge in [0.2, 0.25) is 0 Å². The first-order chi connectivity index (χ1) is 13.7. The molecule has 1 saturated carbocycles. The van der Waals surface area contributed by atoms with Crippen LogP contribution < -0.4 is 9.47 Å². The maximum Gasteiger partial charge on any atom is 0.131 e. The summed E-state index contributed by atoms with van der Waals surface area (Å²) in [7, 11) is 0. The number of hydrogen-bond acceptors (Lipinski definition) is 4. The molecule has 2 aromatic rings. The zero-order valence-corrected chi connectivity index (χ0v) is 16.6. The van der Waals surface area contributed by atoms with Crippen LogP contribution in [-0.2, 0) is 0 Å². The fourth-order valence-electron chi connectivity index (χ4n) is 4.14. The van der Waals surface area contributed by atoms with E-state index in [1.54, 1.807) is 6.20 Å². The van der Waals surface area contributed by atoms with E-state index in [4.69, 9.17) is 9.47 Å². The van der Waals surface area contributed by atoms with Gasteiger partial charge in [-0.05, 0) is 50.8 Å². The van der Waals surface area contributed by atoms with Crippen LogP contribution in [0.1, 0.15) is 37.8 Å². The van der Waals surface area contributed by atoms with Crippen molar-refractivity contribution in [3.63, 3.8) is 0 Å². The fraction of sp³-hybridized carbons (Fsp3) is 0.522. The van der Waals surface area contributed by atoms with Gasteiger partial charge in [0, 0.05) is 48.2 Å². The van der Waals surface area contributed by atoms with Gasteiger partial charge in [-0.1, -0.05) is 12.5 Å². The Morgan fingerprint density at radius 1 is 1.11 bits per heavy atom. The van der Waals surface area contributed by atoms with Gasteiger partial charge in [0.15, 0.2) is 0 Å². The van der Waals surface area contributed by atoms with Crippen LogP contribution in [0.2, 0.25) is 0 Å². The summed E-state index contributed by atoms with van der Waals surface area (Å²) in [6.45, 7) is 3.72. The van der Waals surface area contributed by atoms with Crippen molar-refractivity contribution in [1.29, 1.82) is 0 Å². The Morgan fingerprint density at radius 2 is 1.93 bits per heavy atom. The number of ether oxygens (including phenoxy) is 2. The van der Waals surface area contributed by atoms with Crippen molar-refractivity contribution in [3.8, 4) is 22.6 Å². The molecule has 150 valence electrons. The fourth-order valence-corrected chi connectivity index (χ4v) is 4.14. The molecule has 1 aromatic heterocycles. The van der Waals surface area contributed by atoms with Crippen molar-refractivity contribution < 1.29 is 13.9 Å². The maximum atomic E-state index is 12.7. The number of rotatable bonds is 7. The molecule has 1 aliphatic heterocycles. The Balaban J connectivity index is 1.46. The lowest BCUT2D eigenvalue weighted by Crippen LogP contribution is -2.46. The smallest absolute Gasteiger partial charge is 0.131 e. The average Bonchev–Trinajstić information content (AvgIpc) is 2.67. The summed E-state index contributed by atoms with van der Waals surface area (Å²) in [4.78, 5) is 6.98. The van der Waals surface area contributed by atoms with Gasteiger partial charge in [-0.25, -0.2) is 4.39 Å². The SMILES string of the molecule is Cc1ncccc1-c1ccc(OC2CCN(C3CCC3)CC2)cc1OCCF. The minimum Gasteiger partial charge on any atom is -0.490 e. The van der Waals surface area contributed by atoms with Crippen LogP contribution in [0.3, 0.4) is 0 Å². The highest BCUT2D eigenvalue weighted by Gasteiger charge is 2.29. The standard InChI is InChI=1S/C23H29FN2O2/c1-17-21(6-3-12-25-17)22-8-7-20(16-23(22)27-15-11-24)28-19-9-13-26(14-10-19)18-4-2-5-18/h3,6-8,12,16,18-19H,2,4-5,9-11,13-15H2,1H3. The van der Waals surface area contributed by atoms with Gasteiger partial charge < -0.3 is 14.4 Å². The molecule has 0 radical (unpaired) electrons. The third-order valence-corrected chi connectivity index (χ3v) is 5.96. The largest absolute Gasteiger partial charge is 0.490 e. The molecule has 2 fully saturated rings. The molecule has 1 aromatic carbocycles. The molecule has 0 atom stereocenters. The van der Waals surface area contributed by atoms with Crippen molar-refractivity contribution in [2.45, 2.75) is 51.2 Å². The average molecular weight is 384 g/mol. The Hall–Kier alpha value is -2.14. The van der Waals surface area contributed by atoms with Gasteiger partial charge in [0.05, 0.1) is 0 Å². The number of nitrogens with zero attached hydrogens (tertiary/aromatic N) is 2. The van der Waals surface area contributed by atoms with Crippen LogP contribution in [0.4, 0.5) is 4.39 Å². The maximum absolute atomic E-state index is 12.7. The van der Waals surface area contributed by atoms with Crippen LogP contribution in [0, 0.1) is 6.92 Å². The second-order valence-electron chi connectivity index (χ2n) is 7.77. The molecule has 4 nitrogen and oxygen atoms in total. The summed E-state index contributed by atoms with van der Waals surface area (Å²) in [5.74, 6) is 1.44. The highest BCUT2D eigenvalue weighted by Crippen LogP contribution is 2.36. The zero-order valence-electron chi connectivity index (χ0n) is 16.6. The van der Waals surface area contributed by atoms with E-state index in [2.05, 4.69) is 9.88 Å². The van der Waals surface area contributed by atoms with E-state index in [0.29, 0.717) is 5.75 Å². The van der Waals surface area contributed by atoms with E-state index >= 15 is 0 Å². The molecule has 0 spiro atoms. The highest BCUT2D eigenvalue weighted by atomic mass is 19.1. The molecule has 0 unspecified atom stereocenters. The summed E-state index contributed by atoms with van der Waals surface area (Å²) in [6, 6.07) is 10.6. The van der Waals surface area contributed by atoms with E-state index in [1.807, 2.05) is 37.3 Å². The first-order valence-electron chi connectivity index (χ1n) is 10.4. The number of aryl methyl sites for hydroxylation is 1. The Labute approximate surface area is 166 Å². The molecule has 4 rings (SSSR count). The molecule has 1 saturated heterocycles. The van der Waals surface area contributed by atoms with Gasteiger partial charge in [-0.2, -0.15) is 0 Å². The monoisotopic (exact) mass is 384 g/mol. The predicted octanol–water partition coefficient (Wildman–Crippen LogP) is 4.80. The second kappa shape index (κ2) is 8.91. The van der Waals surface area contributed by atoms with Crippen molar-refractivity contribution in [1.82, 2.24) is 9.88 Å². The summed E-state index contributed by atoms with van der Waals surface area (Å²) < 4.78 is 24.7. The quantitative estimate of drug-likeness (QED) is 0.687. The molecule has 28 heavy (non-hydrogen) atoms. The van der Waals surface area contributed by atoms with Crippen molar-refractivity contribution in [2.24, 2.45) is 0 Å². The molecule has 2 aliphatic rings. The number of piperidine rings is 1. The van der Waals surface area contributed by atoms with Crippen LogP contribution in [-0.4, -0.2) is 48.4 Å². The lowest BCUT2D eigenvalue weighted by atomic mass is 9.90. The second-order valence-corrected chi connectivity index (χ2v) is 7.77. The van der Waals surface area contributed by atoms with Crippen LogP contribution >= 0.6 is 0 Å². The van der Waals surface area contributed by atoms with Crippen LogP contribution in [0.5, 0.6) is 11.5 Å². The molecular formula is C23H29FN2O2. The molecule has 0 bridgehead atoms. The number of benzene rings is 1. The number of aromatic nitrogens is 1. The van der Waals surface area contributed by atoms with Gasteiger partial charge in [0.1, 0.15) is 30.9 Å². The molecule has 1 aliphatic carbocycles. The summed E-state index contributed by atoms with van der Waals surface area (Å²) in [5.41, 5.74) is 2.84. The van der Waals surface area contributed by atoms with Crippen molar-refractivity contribution >= 4 is 0 Å². The van der Waals surface area contributed by atoms with Gasteiger partial charge in [-0.15, -0.1) is 0 Å². The van der Waals surface area contributed by atoms with Crippen molar-refractivity contribution in [3.05, 3.63) is 42.2 Å². The van der Waals surface area contributed by atoms with Crippen LogP contribution in [0.15, 0.2) is 36.5 Å². The minimum absolute atomic E-state index is 0.0372. The minimum atomic E-state index is -0.518. The highest BCUT2D eigenvalue weighted by molar-refractivity contribution is 5.73. The number of pyridine rings is 1. The molecule has 2 heterocycles. The zero-order chi connectivity index (χ0) is 19.3. The summed E-state index contributed by atoms with van der Waals surface area (Å²) in [6.07, 6.45) is 8.21. The first kappa shape index (κ1) is 19.2. The topological polar surface area (TPSA) is 34.6 Å². The van der Waals surface area contributed by atoms with E-state index in [1.165, 1.54) is 19.3 Å². The Morgan fingerprint density at radius 3 is 2.61 bits per heavy atom. The van der Waals surface area contributed by atoms with Gasteiger partial charge >= 0.3 is 0 Å².